The van der Waals surface area contributed by atoms with Crippen LogP contribution in [0, 0.1) is 5.92 Å². The van der Waals surface area contributed by atoms with Crippen molar-refractivity contribution in [2.75, 3.05) is 7.11 Å². The number of phenols is 1. The van der Waals surface area contributed by atoms with Crippen LogP contribution < -0.4 is 10.1 Å². The summed E-state index contributed by atoms with van der Waals surface area (Å²) in [6, 6.07) is 15.6. The molecule has 0 unspecified atom stereocenters. The molecule has 0 spiro atoms. The molecule has 2 aromatic carbocycles. The Morgan fingerprint density at radius 2 is 1.83 bits per heavy atom. The summed E-state index contributed by atoms with van der Waals surface area (Å²) in [7, 11) is 1.67. The summed E-state index contributed by atoms with van der Waals surface area (Å²) >= 11 is 0. The summed E-state index contributed by atoms with van der Waals surface area (Å²) in [4.78, 5) is 4.90. The summed E-state index contributed by atoms with van der Waals surface area (Å²) in [6.45, 7) is 4.31. The molecule has 24 heavy (non-hydrogen) atoms. The van der Waals surface area contributed by atoms with Gasteiger partial charge in [0.05, 0.1) is 7.11 Å². The van der Waals surface area contributed by atoms with Crippen molar-refractivity contribution in [1.29, 1.82) is 0 Å². The third kappa shape index (κ3) is 3.44. The molecule has 0 saturated carbocycles. The minimum atomic E-state index is 0.0282. The van der Waals surface area contributed by atoms with Crippen LogP contribution in [0.5, 0.6) is 11.5 Å². The molecule has 0 aliphatic carbocycles. The molecule has 0 aromatic heterocycles. The first-order valence-corrected chi connectivity index (χ1v) is 8.33. The number of aliphatic imine (C=N–C) groups is 1. The molecule has 1 aliphatic heterocycles. The summed E-state index contributed by atoms with van der Waals surface area (Å²) in [5.41, 5.74) is 3.08. The van der Waals surface area contributed by atoms with Gasteiger partial charge in [-0.15, -0.1) is 0 Å². The summed E-state index contributed by atoms with van der Waals surface area (Å²) in [5, 5.41) is 13.8. The third-order valence-corrected chi connectivity index (χ3v) is 4.43. The Hall–Kier alpha value is -2.33. The lowest BCUT2D eigenvalue weighted by Gasteiger charge is -2.32. The molecule has 0 fully saturated rings. The van der Waals surface area contributed by atoms with Crippen LogP contribution in [0.1, 0.15) is 37.4 Å². The maximum absolute atomic E-state index is 10.2. The average Bonchev–Trinajstić information content (AvgIpc) is 2.61. The number of hydrogen-bond donors (Lipinski definition) is 2. The monoisotopic (exact) mass is 324 g/mol. The number of benzene rings is 2. The zero-order chi connectivity index (χ0) is 17.1. The van der Waals surface area contributed by atoms with E-state index in [1.807, 2.05) is 42.5 Å². The predicted molar refractivity (Wildman–Crippen MR) is 96.8 cm³/mol. The first-order valence-electron chi connectivity index (χ1n) is 8.33. The van der Waals surface area contributed by atoms with E-state index in [4.69, 9.17) is 9.73 Å². The van der Waals surface area contributed by atoms with Gasteiger partial charge < -0.3 is 9.84 Å². The Bertz CT molecular complexity index is 723. The van der Waals surface area contributed by atoms with Gasteiger partial charge in [-0.05, 0) is 41.8 Å². The number of hydrogen-bond acceptors (Lipinski definition) is 4. The molecular weight excluding hydrogens is 300 g/mol. The number of ether oxygens (including phenoxy) is 1. The van der Waals surface area contributed by atoms with Crippen LogP contribution in [0.15, 0.2) is 53.5 Å². The van der Waals surface area contributed by atoms with Gasteiger partial charge in [-0.25, -0.2) is 0 Å². The van der Waals surface area contributed by atoms with E-state index in [-0.39, 0.29) is 12.2 Å². The Morgan fingerprint density at radius 1 is 1.12 bits per heavy atom. The van der Waals surface area contributed by atoms with Crippen molar-refractivity contribution in [3.8, 4) is 11.5 Å². The van der Waals surface area contributed by atoms with Crippen molar-refractivity contribution < 1.29 is 9.84 Å². The lowest BCUT2D eigenvalue weighted by Crippen LogP contribution is -2.41. The molecule has 0 saturated heterocycles. The van der Waals surface area contributed by atoms with Crippen LogP contribution in [0.3, 0.4) is 0 Å². The molecule has 126 valence electrons. The molecule has 2 N–H and O–H groups in total. The molecule has 2 aromatic rings. The van der Waals surface area contributed by atoms with Crippen molar-refractivity contribution in [3.05, 3.63) is 59.7 Å². The smallest absolute Gasteiger partial charge is 0.120 e. The first kappa shape index (κ1) is 16.5. The highest BCUT2D eigenvalue weighted by Gasteiger charge is 2.27. The van der Waals surface area contributed by atoms with Gasteiger partial charge in [-0.2, -0.15) is 0 Å². The van der Waals surface area contributed by atoms with Crippen molar-refractivity contribution >= 4 is 5.71 Å². The Labute approximate surface area is 143 Å². The Kier molecular flexibility index (Phi) is 4.86. The second-order valence-electron chi connectivity index (χ2n) is 6.48. The molecule has 1 aliphatic rings. The quantitative estimate of drug-likeness (QED) is 0.896. The number of methoxy groups -OCH3 is 1. The van der Waals surface area contributed by atoms with Gasteiger partial charge in [0.2, 0.25) is 0 Å². The molecule has 4 nitrogen and oxygen atoms in total. The van der Waals surface area contributed by atoms with Crippen molar-refractivity contribution in [2.45, 2.75) is 32.5 Å². The third-order valence-electron chi connectivity index (χ3n) is 4.43. The van der Waals surface area contributed by atoms with Gasteiger partial charge >= 0.3 is 0 Å². The zero-order valence-electron chi connectivity index (χ0n) is 14.4. The summed E-state index contributed by atoms with van der Waals surface area (Å²) < 4.78 is 5.24. The number of nitrogens with zero attached hydrogens (tertiary/aromatic N) is 1. The minimum absolute atomic E-state index is 0.0282. The maximum Gasteiger partial charge on any atom is 0.120 e. The summed E-state index contributed by atoms with van der Waals surface area (Å²) in [5.74, 6) is 1.53. The predicted octanol–water partition coefficient (Wildman–Crippen LogP) is 3.91. The van der Waals surface area contributed by atoms with E-state index in [2.05, 4.69) is 19.2 Å². The van der Waals surface area contributed by atoms with E-state index in [0.29, 0.717) is 11.7 Å². The van der Waals surface area contributed by atoms with E-state index in [1.165, 1.54) is 0 Å². The molecule has 4 heteroatoms. The maximum atomic E-state index is 10.2. The molecule has 2 atom stereocenters. The van der Waals surface area contributed by atoms with Crippen LogP contribution in [0.25, 0.3) is 0 Å². The molecule has 0 amide bonds. The number of rotatable bonds is 4. The Morgan fingerprint density at radius 3 is 2.46 bits per heavy atom. The van der Waals surface area contributed by atoms with Crippen LogP contribution >= 0.6 is 0 Å². The zero-order valence-corrected chi connectivity index (χ0v) is 14.4. The molecule has 3 rings (SSSR count). The van der Waals surface area contributed by atoms with E-state index in [0.717, 1.165) is 29.0 Å². The van der Waals surface area contributed by atoms with Gasteiger partial charge in [0, 0.05) is 23.7 Å². The number of aromatic hydroxyl groups is 1. The molecular formula is C20H24N2O2. The highest BCUT2D eigenvalue weighted by molar-refractivity contribution is 6.01. The van der Waals surface area contributed by atoms with E-state index >= 15 is 0 Å². The molecule has 0 bridgehead atoms. The van der Waals surface area contributed by atoms with E-state index < -0.39 is 0 Å². The standard InChI is InChI=1S/C20H24N2O2/c1-13(2)20-21-17(14-8-10-15(24-3)11-9-14)12-18(22-20)16-6-4-5-7-19(16)23/h4-11,13,18,20,22-23H,12H2,1-3H3/t18-,20-/m0/s1. The van der Waals surface area contributed by atoms with Gasteiger partial charge in [-0.3, -0.25) is 10.3 Å². The van der Waals surface area contributed by atoms with E-state index in [1.54, 1.807) is 13.2 Å². The topological polar surface area (TPSA) is 53.8 Å². The van der Waals surface area contributed by atoms with Gasteiger partial charge in [-0.1, -0.05) is 32.0 Å². The van der Waals surface area contributed by atoms with Gasteiger partial charge in [0.1, 0.15) is 17.7 Å². The van der Waals surface area contributed by atoms with Crippen molar-refractivity contribution in [2.24, 2.45) is 10.9 Å². The normalized spacial score (nSPS) is 20.8. The fourth-order valence-electron chi connectivity index (χ4n) is 3.02. The van der Waals surface area contributed by atoms with Crippen LogP contribution in [0.2, 0.25) is 0 Å². The Balaban J connectivity index is 1.93. The van der Waals surface area contributed by atoms with E-state index in [9.17, 15) is 5.11 Å². The van der Waals surface area contributed by atoms with Gasteiger partial charge in [0.15, 0.2) is 0 Å². The highest BCUT2D eigenvalue weighted by atomic mass is 16.5. The SMILES string of the molecule is COc1ccc(C2=N[C@H](C(C)C)N[C@H](c3ccccc3O)C2)cc1. The van der Waals surface area contributed by atoms with Gasteiger partial charge in [0.25, 0.3) is 0 Å². The second kappa shape index (κ2) is 7.05. The van der Waals surface area contributed by atoms with Crippen molar-refractivity contribution in [1.82, 2.24) is 5.32 Å². The fraction of sp³-hybridized carbons (Fsp3) is 0.350. The number of para-hydroxylation sites is 1. The second-order valence-corrected chi connectivity index (χ2v) is 6.48. The highest BCUT2D eigenvalue weighted by Crippen LogP contribution is 2.31. The van der Waals surface area contributed by atoms with Crippen LogP contribution in [-0.2, 0) is 0 Å². The summed E-state index contributed by atoms with van der Waals surface area (Å²) in [6.07, 6.45) is 0.771. The fourth-order valence-corrected chi connectivity index (χ4v) is 3.02. The minimum Gasteiger partial charge on any atom is -0.508 e. The molecule has 1 heterocycles. The lowest BCUT2D eigenvalue weighted by molar-refractivity contribution is 0.345. The number of nitrogens with one attached hydrogen (secondary N) is 1. The average molecular weight is 324 g/mol. The number of phenolic OH excluding ortho intramolecular Hbond substituents is 1. The van der Waals surface area contributed by atoms with Crippen molar-refractivity contribution in [3.63, 3.8) is 0 Å². The first-order chi connectivity index (χ1) is 11.6. The lowest BCUT2D eigenvalue weighted by atomic mass is 9.93. The van der Waals surface area contributed by atoms with Crippen LogP contribution in [0.4, 0.5) is 0 Å². The van der Waals surface area contributed by atoms with Crippen LogP contribution in [-0.4, -0.2) is 24.1 Å². The largest absolute Gasteiger partial charge is 0.508 e. The molecule has 0 radical (unpaired) electrons.